The number of nitrogens with two attached hydrogens (primary N) is 1. The molecule has 1 aliphatic rings. The van der Waals surface area contributed by atoms with Crippen LogP contribution in [0, 0.1) is 0 Å². The van der Waals surface area contributed by atoms with Crippen molar-refractivity contribution in [2.45, 2.75) is 25.8 Å². The zero-order valence-electron chi connectivity index (χ0n) is 11.2. The number of aromatic nitrogens is 2. The molecule has 19 heavy (non-hydrogen) atoms. The molecule has 1 fully saturated rings. The highest BCUT2D eigenvalue weighted by molar-refractivity contribution is 5.59. The number of hydrogen-bond acceptors (Lipinski definition) is 7. The Bertz CT molecular complexity index is 415. The van der Waals surface area contributed by atoms with Gasteiger partial charge in [0, 0.05) is 12.1 Å². The Morgan fingerprint density at radius 2 is 2.42 bits per heavy atom. The van der Waals surface area contributed by atoms with Gasteiger partial charge in [-0.2, -0.15) is 0 Å². The van der Waals surface area contributed by atoms with E-state index in [1.807, 2.05) is 0 Å². The molecule has 1 aromatic heterocycles. The first-order valence-electron chi connectivity index (χ1n) is 6.57. The minimum Gasteiger partial charge on any atom is -0.394 e. The lowest BCUT2D eigenvalue weighted by molar-refractivity contribution is 0.0722. The van der Waals surface area contributed by atoms with Crippen LogP contribution >= 0.6 is 0 Å². The number of aliphatic hydroxyl groups excluding tert-OH is 1. The van der Waals surface area contributed by atoms with Gasteiger partial charge in [0.25, 0.3) is 0 Å². The van der Waals surface area contributed by atoms with Crippen molar-refractivity contribution in [3.05, 3.63) is 11.9 Å². The van der Waals surface area contributed by atoms with E-state index in [1.165, 1.54) is 6.33 Å². The Morgan fingerprint density at radius 3 is 3.11 bits per heavy atom. The van der Waals surface area contributed by atoms with E-state index in [0.717, 1.165) is 24.2 Å². The van der Waals surface area contributed by atoms with Crippen LogP contribution in [0.3, 0.4) is 0 Å². The van der Waals surface area contributed by atoms with E-state index in [9.17, 15) is 5.11 Å². The quantitative estimate of drug-likeness (QED) is 0.507. The van der Waals surface area contributed by atoms with E-state index in [1.54, 1.807) is 0 Å². The summed E-state index contributed by atoms with van der Waals surface area (Å²) in [6.45, 7) is 4.00. The van der Waals surface area contributed by atoms with Gasteiger partial charge in [0.1, 0.15) is 18.0 Å². The fraction of sp³-hybridized carbons (Fsp3) is 0.667. The summed E-state index contributed by atoms with van der Waals surface area (Å²) in [5.41, 5.74) is 3.61. The van der Waals surface area contributed by atoms with Crippen LogP contribution in [-0.2, 0) is 11.2 Å². The maximum Gasteiger partial charge on any atom is 0.148 e. The summed E-state index contributed by atoms with van der Waals surface area (Å²) < 4.78 is 5.40. The first kappa shape index (κ1) is 14.0. The van der Waals surface area contributed by atoms with Crippen molar-refractivity contribution < 1.29 is 9.84 Å². The van der Waals surface area contributed by atoms with E-state index in [-0.39, 0.29) is 12.6 Å². The molecule has 1 unspecified atom stereocenters. The van der Waals surface area contributed by atoms with Gasteiger partial charge in [-0.3, -0.25) is 0 Å². The molecule has 7 nitrogen and oxygen atoms in total. The van der Waals surface area contributed by atoms with Crippen molar-refractivity contribution in [3.8, 4) is 0 Å². The van der Waals surface area contributed by atoms with E-state index in [4.69, 9.17) is 10.6 Å². The molecule has 2 heterocycles. The molecular weight excluding hydrogens is 246 g/mol. The van der Waals surface area contributed by atoms with Gasteiger partial charge in [-0.05, 0) is 6.42 Å². The van der Waals surface area contributed by atoms with Gasteiger partial charge in [-0.15, -0.1) is 0 Å². The van der Waals surface area contributed by atoms with Gasteiger partial charge in [0.05, 0.1) is 25.9 Å². The summed E-state index contributed by atoms with van der Waals surface area (Å²) in [6.07, 6.45) is 3.31. The highest BCUT2D eigenvalue weighted by Gasteiger charge is 2.26. The third kappa shape index (κ3) is 2.94. The molecular formula is C12H21N5O2. The molecule has 0 radical (unpaired) electrons. The van der Waals surface area contributed by atoms with Gasteiger partial charge in [0.15, 0.2) is 0 Å². The number of nitrogens with one attached hydrogen (secondary N) is 1. The minimum absolute atomic E-state index is 0.0426. The SMILES string of the molecule is CCCc1c(NN)ncnc1N1CCOCC1CO. The number of hydrogen-bond donors (Lipinski definition) is 3. The summed E-state index contributed by atoms with van der Waals surface area (Å²) in [7, 11) is 0. The summed E-state index contributed by atoms with van der Waals surface area (Å²) in [6, 6.07) is -0.0649. The first-order valence-corrected chi connectivity index (χ1v) is 6.57. The van der Waals surface area contributed by atoms with Crippen molar-refractivity contribution in [1.29, 1.82) is 0 Å². The minimum atomic E-state index is -0.0649. The average molecular weight is 267 g/mol. The lowest BCUT2D eigenvalue weighted by Crippen LogP contribution is -2.48. The van der Waals surface area contributed by atoms with Gasteiger partial charge in [-0.25, -0.2) is 15.8 Å². The number of nitrogen functional groups attached to an aromatic ring is 1. The predicted octanol–water partition coefficient (Wildman–Crippen LogP) is -0.0878. The number of anilines is 2. The smallest absolute Gasteiger partial charge is 0.148 e. The normalized spacial score (nSPS) is 19.5. The van der Waals surface area contributed by atoms with E-state index in [0.29, 0.717) is 25.6 Å². The van der Waals surface area contributed by atoms with Crippen molar-refractivity contribution in [1.82, 2.24) is 9.97 Å². The second-order valence-corrected chi connectivity index (χ2v) is 4.52. The Morgan fingerprint density at radius 1 is 1.58 bits per heavy atom. The maximum atomic E-state index is 9.46. The second-order valence-electron chi connectivity index (χ2n) is 4.52. The van der Waals surface area contributed by atoms with Crippen molar-refractivity contribution in [3.63, 3.8) is 0 Å². The third-order valence-electron chi connectivity index (χ3n) is 3.27. The summed E-state index contributed by atoms with van der Waals surface area (Å²) in [5, 5.41) is 9.46. The molecule has 1 aromatic rings. The molecule has 106 valence electrons. The molecule has 1 saturated heterocycles. The zero-order chi connectivity index (χ0) is 13.7. The topological polar surface area (TPSA) is 96.5 Å². The lowest BCUT2D eigenvalue weighted by atomic mass is 10.1. The molecule has 1 aliphatic heterocycles. The summed E-state index contributed by atoms with van der Waals surface area (Å²) in [5.74, 6) is 7.00. The number of ether oxygens (including phenoxy) is 1. The van der Waals surface area contributed by atoms with Crippen LogP contribution < -0.4 is 16.2 Å². The van der Waals surface area contributed by atoms with E-state index in [2.05, 4.69) is 27.2 Å². The number of hydrazine groups is 1. The molecule has 0 saturated carbocycles. The van der Waals surface area contributed by atoms with Crippen molar-refractivity contribution in [2.24, 2.45) is 5.84 Å². The molecule has 0 aliphatic carbocycles. The number of nitrogens with zero attached hydrogens (tertiary/aromatic N) is 3. The van der Waals surface area contributed by atoms with Crippen molar-refractivity contribution >= 4 is 11.6 Å². The third-order valence-corrected chi connectivity index (χ3v) is 3.27. The molecule has 7 heteroatoms. The molecule has 0 spiro atoms. The average Bonchev–Trinajstić information content (AvgIpc) is 2.47. The van der Waals surface area contributed by atoms with Gasteiger partial charge in [-0.1, -0.05) is 13.3 Å². The fourth-order valence-electron chi connectivity index (χ4n) is 2.34. The van der Waals surface area contributed by atoms with E-state index < -0.39 is 0 Å². The van der Waals surface area contributed by atoms with Crippen LogP contribution in [0.15, 0.2) is 6.33 Å². The highest BCUT2D eigenvalue weighted by Crippen LogP contribution is 2.27. The predicted molar refractivity (Wildman–Crippen MR) is 72.9 cm³/mol. The molecule has 2 rings (SSSR count). The Hall–Kier alpha value is -1.44. The van der Waals surface area contributed by atoms with Crippen LogP contribution in [0.25, 0.3) is 0 Å². The van der Waals surface area contributed by atoms with Gasteiger partial charge >= 0.3 is 0 Å². The fourth-order valence-corrected chi connectivity index (χ4v) is 2.34. The maximum absolute atomic E-state index is 9.46. The molecule has 0 amide bonds. The van der Waals surface area contributed by atoms with Crippen LogP contribution in [0.1, 0.15) is 18.9 Å². The van der Waals surface area contributed by atoms with Crippen LogP contribution in [0.4, 0.5) is 11.6 Å². The highest BCUT2D eigenvalue weighted by atomic mass is 16.5. The number of rotatable bonds is 5. The van der Waals surface area contributed by atoms with Crippen molar-refractivity contribution in [2.75, 3.05) is 36.7 Å². The van der Waals surface area contributed by atoms with Crippen LogP contribution in [0.5, 0.6) is 0 Å². The Kier molecular flexibility index (Phi) is 4.89. The van der Waals surface area contributed by atoms with Crippen LogP contribution in [-0.4, -0.2) is 47.5 Å². The second kappa shape index (κ2) is 6.65. The monoisotopic (exact) mass is 267 g/mol. The van der Waals surface area contributed by atoms with E-state index >= 15 is 0 Å². The molecule has 0 aromatic carbocycles. The zero-order valence-corrected chi connectivity index (χ0v) is 11.2. The van der Waals surface area contributed by atoms with Gasteiger partial charge in [0.2, 0.25) is 0 Å². The first-order chi connectivity index (χ1) is 9.31. The summed E-state index contributed by atoms with van der Waals surface area (Å²) >= 11 is 0. The largest absolute Gasteiger partial charge is 0.394 e. The Labute approximate surface area is 112 Å². The molecule has 1 atom stereocenters. The molecule has 4 N–H and O–H groups in total. The standard InChI is InChI=1S/C12H21N5O2/c1-2-3-10-11(16-13)14-8-15-12(10)17-4-5-19-7-9(17)6-18/h8-9,18H,2-7,13H2,1H3,(H,14,15,16). The summed E-state index contributed by atoms with van der Waals surface area (Å²) in [4.78, 5) is 10.6. The van der Waals surface area contributed by atoms with Crippen LogP contribution in [0.2, 0.25) is 0 Å². The Balaban J connectivity index is 2.36. The number of aliphatic hydroxyl groups is 1. The lowest BCUT2D eigenvalue weighted by Gasteiger charge is -2.36. The van der Waals surface area contributed by atoms with Gasteiger partial charge < -0.3 is 20.2 Å². The molecule has 0 bridgehead atoms. The number of morpholine rings is 1.